The largest absolute Gasteiger partial charge is 0.508 e. The molecule has 0 saturated heterocycles. The number of aliphatic carboxylic acids is 2. The van der Waals surface area contributed by atoms with Gasteiger partial charge in [0.25, 0.3) is 0 Å². The van der Waals surface area contributed by atoms with Crippen molar-refractivity contribution in [2.75, 3.05) is 0 Å². The molecule has 1 aliphatic rings. The number of phenolic OH excluding ortho intramolecular Hbond substituents is 1. The highest BCUT2D eigenvalue weighted by Gasteiger charge is 2.49. The first-order valence-electron chi connectivity index (χ1n) is 8.94. The fraction of sp³-hybridized carbons (Fsp3) is 0.600. The zero-order valence-corrected chi connectivity index (χ0v) is 15.0. The van der Waals surface area contributed by atoms with E-state index in [9.17, 15) is 24.9 Å². The number of carboxylic acids is 2. The van der Waals surface area contributed by atoms with Gasteiger partial charge in [-0.3, -0.25) is 9.59 Å². The van der Waals surface area contributed by atoms with Crippen molar-refractivity contribution >= 4 is 11.9 Å². The van der Waals surface area contributed by atoms with Gasteiger partial charge in [0.1, 0.15) is 5.75 Å². The van der Waals surface area contributed by atoms with Crippen LogP contribution in [0.4, 0.5) is 0 Å². The Morgan fingerprint density at radius 3 is 2.28 bits per heavy atom. The number of rotatable bonds is 10. The van der Waals surface area contributed by atoms with Gasteiger partial charge in [-0.2, -0.15) is 0 Å². The summed E-state index contributed by atoms with van der Waals surface area (Å²) in [5.74, 6) is -1.27. The SMILES string of the molecule is CC(C)(CCCc1ccc(O)cc1CCCC1(C(=O)O)CC1)C(=O)O. The van der Waals surface area contributed by atoms with Gasteiger partial charge in [0.05, 0.1) is 10.8 Å². The summed E-state index contributed by atoms with van der Waals surface area (Å²) in [6, 6.07) is 5.29. The average Bonchev–Trinajstić information content (AvgIpc) is 3.30. The van der Waals surface area contributed by atoms with Gasteiger partial charge < -0.3 is 15.3 Å². The highest BCUT2D eigenvalue weighted by Crippen LogP contribution is 2.50. The minimum absolute atomic E-state index is 0.212. The fourth-order valence-electron chi connectivity index (χ4n) is 3.26. The van der Waals surface area contributed by atoms with Gasteiger partial charge >= 0.3 is 11.9 Å². The molecule has 1 aliphatic carbocycles. The van der Waals surface area contributed by atoms with E-state index in [1.807, 2.05) is 6.07 Å². The van der Waals surface area contributed by atoms with Crippen LogP contribution in [0.25, 0.3) is 0 Å². The molecular formula is C20H28O5. The third-order valence-electron chi connectivity index (χ3n) is 5.43. The molecule has 0 radical (unpaired) electrons. The van der Waals surface area contributed by atoms with E-state index in [2.05, 4.69) is 0 Å². The number of benzene rings is 1. The Balaban J connectivity index is 1.93. The molecule has 1 fully saturated rings. The standard InChI is InChI=1S/C20H28O5/c1-19(2,17(22)23)9-3-5-14-7-8-16(21)13-15(14)6-4-10-20(11-12-20)18(24)25/h7-8,13,21H,3-6,9-12H2,1-2H3,(H,22,23)(H,24,25). The highest BCUT2D eigenvalue weighted by atomic mass is 16.4. The van der Waals surface area contributed by atoms with E-state index in [1.54, 1.807) is 26.0 Å². The van der Waals surface area contributed by atoms with E-state index < -0.39 is 22.8 Å². The molecule has 5 heteroatoms. The number of hydrogen-bond acceptors (Lipinski definition) is 3. The fourth-order valence-corrected chi connectivity index (χ4v) is 3.26. The van der Waals surface area contributed by atoms with Gasteiger partial charge in [0.2, 0.25) is 0 Å². The van der Waals surface area contributed by atoms with Gasteiger partial charge in [-0.25, -0.2) is 0 Å². The molecule has 1 aromatic rings. The van der Waals surface area contributed by atoms with Crippen LogP contribution in [0.3, 0.4) is 0 Å². The van der Waals surface area contributed by atoms with E-state index in [0.29, 0.717) is 12.8 Å². The lowest BCUT2D eigenvalue weighted by Crippen LogP contribution is -2.23. The molecule has 0 aromatic heterocycles. The monoisotopic (exact) mass is 348 g/mol. The van der Waals surface area contributed by atoms with Crippen molar-refractivity contribution in [3.63, 3.8) is 0 Å². The van der Waals surface area contributed by atoms with Gasteiger partial charge in [0, 0.05) is 0 Å². The molecule has 0 unspecified atom stereocenters. The molecule has 2 rings (SSSR count). The predicted molar refractivity (Wildman–Crippen MR) is 94.7 cm³/mol. The summed E-state index contributed by atoms with van der Waals surface area (Å²) in [6.45, 7) is 3.46. The van der Waals surface area contributed by atoms with Crippen molar-refractivity contribution in [1.29, 1.82) is 0 Å². The summed E-state index contributed by atoms with van der Waals surface area (Å²) in [5, 5.41) is 28.2. The molecule has 0 heterocycles. The summed E-state index contributed by atoms with van der Waals surface area (Å²) in [7, 11) is 0. The highest BCUT2D eigenvalue weighted by molar-refractivity contribution is 5.77. The lowest BCUT2D eigenvalue weighted by atomic mass is 9.86. The molecule has 1 aromatic carbocycles. The predicted octanol–water partition coefficient (Wildman–Crippen LogP) is 4.01. The Kier molecular flexibility index (Phi) is 5.76. The number of carbonyl (C=O) groups is 2. The van der Waals surface area contributed by atoms with E-state index in [1.165, 1.54) is 0 Å². The third-order valence-corrected chi connectivity index (χ3v) is 5.43. The van der Waals surface area contributed by atoms with Crippen LogP contribution in [0.1, 0.15) is 63.5 Å². The normalized spacial score (nSPS) is 15.8. The molecule has 3 N–H and O–H groups in total. The van der Waals surface area contributed by atoms with E-state index >= 15 is 0 Å². The summed E-state index contributed by atoms with van der Waals surface area (Å²) in [6.07, 6.45) is 5.82. The maximum Gasteiger partial charge on any atom is 0.309 e. The zero-order valence-electron chi connectivity index (χ0n) is 15.0. The van der Waals surface area contributed by atoms with E-state index in [0.717, 1.165) is 49.7 Å². The third kappa shape index (κ3) is 4.97. The van der Waals surface area contributed by atoms with E-state index in [-0.39, 0.29) is 5.75 Å². The number of hydrogen-bond donors (Lipinski definition) is 3. The first-order chi connectivity index (χ1) is 11.7. The smallest absolute Gasteiger partial charge is 0.309 e. The molecule has 0 aliphatic heterocycles. The Bertz CT molecular complexity index is 643. The van der Waals surface area contributed by atoms with Gasteiger partial charge in [-0.15, -0.1) is 0 Å². The average molecular weight is 348 g/mol. The minimum atomic E-state index is -0.790. The van der Waals surface area contributed by atoms with Crippen molar-refractivity contribution in [1.82, 2.24) is 0 Å². The zero-order chi connectivity index (χ0) is 18.7. The van der Waals surface area contributed by atoms with Crippen molar-refractivity contribution in [3.05, 3.63) is 29.3 Å². The second-order valence-electron chi connectivity index (χ2n) is 7.93. The lowest BCUT2D eigenvalue weighted by molar-refractivity contribution is -0.147. The maximum atomic E-state index is 11.2. The quantitative estimate of drug-likeness (QED) is 0.594. The molecule has 0 amide bonds. The van der Waals surface area contributed by atoms with Crippen molar-refractivity contribution in [3.8, 4) is 5.75 Å². The van der Waals surface area contributed by atoms with Crippen LogP contribution < -0.4 is 0 Å². The second-order valence-corrected chi connectivity index (χ2v) is 7.93. The molecule has 5 nitrogen and oxygen atoms in total. The van der Waals surface area contributed by atoms with Gasteiger partial charge in [0.15, 0.2) is 0 Å². The first-order valence-corrected chi connectivity index (χ1v) is 8.94. The Labute approximate surface area is 148 Å². The van der Waals surface area contributed by atoms with Crippen molar-refractivity contribution < 1.29 is 24.9 Å². The van der Waals surface area contributed by atoms with Crippen LogP contribution in [0, 0.1) is 10.8 Å². The minimum Gasteiger partial charge on any atom is -0.508 e. The molecular weight excluding hydrogens is 320 g/mol. The molecule has 0 bridgehead atoms. The number of carboxylic acid groups (broad SMARTS) is 2. The summed E-state index contributed by atoms with van der Waals surface area (Å²) >= 11 is 0. The van der Waals surface area contributed by atoms with Crippen molar-refractivity contribution in [2.45, 2.75) is 65.2 Å². The number of aryl methyl sites for hydroxylation is 2. The van der Waals surface area contributed by atoms with Crippen LogP contribution in [0.2, 0.25) is 0 Å². The Morgan fingerprint density at radius 2 is 1.72 bits per heavy atom. The second kappa shape index (κ2) is 7.46. The number of phenols is 1. The Morgan fingerprint density at radius 1 is 1.08 bits per heavy atom. The lowest BCUT2D eigenvalue weighted by Gasteiger charge is -2.19. The number of aromatic hydroxyl groups is 1. The summed E-state index contributed by atoms with van der Waals surface area (Å²) in [4.78, 5) is 22.4. The topological polar surface area (TPSA) is 94.8 Å². The van der Waals surface area contributed by atoms with Crippen LogP contribution in [0.15, 0.2) is 18.2 Å². The van der Waals surface area contributed by atoms with Crippen LogP contribution in [-0.2, 0) is 22.4 Å². The van der Waals surface area contributed by atoms with Crippen molar-refractivity contribution in [2.24, 2.45) is 10.8 Å². The van der Waals surface area contributed by atoms with Gasteiger partial charge in [-0.05, 0) is 88.5 Å². The van der Waals surface area contributed by atoms with E-state index in [4.69, 9.17) is 0 Å². The first kappa shape index (κ1) is 19.3. The van der Waals surface area contributed by atoms with Crippen LogP contribution in [0.5, 0.6) is 5.75 Å². The molecule has 1 saturated carbocycles. The molecule has 138 valence electrons. The van der Waals surface area contributed by atoms with Crippen LogP contribution >= 0.6 is 0 Å². The van der Waals surface area contributed by atoms with Gasteiger partial charge in [-0.1, -0.05) is 6.07 Å². The molecule has 25 heavy (non-hydrogen) atoms. The molecule has 0 spiro atoms. The Hall–Kier alpha value is -2.04. The summed E-state index contributed by atoms with van der Waals surface area (Å²) < 4.78 is 0. The maximum absolute atomic E-state index is 11.2. The van der Waals surface area contributed by atoms with Crippen LogP contribution in [-0.4, -0.2) is 27.3 Å². The molecule has 0 atom stereocenters. The summed E-state index contributed by atoms with van der Waals surface area (Å²) in [5.41, 5.74) is 0.896.